The zero-order valence-corrected chi connectivity index (χ0v) is 20.8. The van der Waals surface area contributed by atoms with Gasteiger partial charge in [0.15, 0.2) is 28.6 Å². The van der Waals surface area contributed by atoms with Crippen molar-refractivity contribution < 1.29 is 28.1 Å². The fourth-order valence-corrected chi connectivity index (χ4v) is 4.92. The first-order chi connectivity index (χ1) is 17.0. The van der Waals surface area contributed by atoms with Crippen LogP contribution in [0.3, 0.4) is 0 Å². The van der Waals surface area contributed by atoms with Gasteiger partial charge in [-0.15, -0.1) is 0 Å². The molecular weight excluding hydrogens is 488 g/mol. The number of aromatic nitrogens is 4. The number of hydrogen-bond acceptors (Lipinski definition) is 10. The number of nitrogens with one attached hydrogen (secondary N) is 1. The number of phenolic OH excluding ortho intramolecular Hbond substituents is 1. The Morgan fingerprint density at radius 3 is 2.72 bits per heavy atom. The molecule has 36 heavy (non-hydrogen) atoms. The number of para-hydroxylation sites is 1. The van der Waals surface area contributed by atoms with Crippen LogP contribution >= 0.6 is 0 Å². The molecule has 0 bridgehead atoms. The van der Waals surface area contributed by atoms with Crippen LogP contribution in [0.4, 0.5) is 5.82 Å². The van der Waals surface area contributed by atoms with Crippen molar-refractivity contribution in [2.75, 3.05) is 24.2 Å². The molecule has 3 N–H and O–H groups in total. The van der Waals surface area contributed by atoms with Gasteiger partial charge in [0.1, 0.15) is 17.2 Å². The lowest BCUT2D eigenvalue weighted by molar-refractivity contribution is 0.105. The number of aliphatic imine (C=N–C) groups is 1. The van der Waals surface area contributed by atoms with Crippen molar-refractivity contribution in [1.82, 2.24) is 19.5 Å². The third-order valence-electron chi connectivity index (χ3n) is 4.71. The van der Waals surface area contributed by atoms with Crippen LogP contribution in [0.1, 0.15) is 26.6 Å². The summed E-state index contributed by atoms with van der Waals surface area (Å²) < 4.78 is 39.7. The van der Waals surface area contributed by atoms with E-state index in [1.54, 1.807) is 12.1 Å². The summed E-state index contributed by atoms with van der Waals surface area (Å²) in [5, 5.41) is 20.7. The lowest BCUT2D eigenvalue weighted by Gasteiger charge is -2.17. The molecule has 0 aliphatic carbocycles. The normalized spacial score (nSPS) is 13.5. The Morgan fingerprint density at radius 1 is 1.25 bits per heavy atom. The maximum Gasteiger partial charge on any atom is 0.236 e. The molecule has 0 atom stereocenters. The average Bonchev–Trinajstić information content (AvgIpc) is 3.15. The van der Waals surface area contributed by atoms with Gasteiger partial charge in [-0.05, 0) is 38.6 Å². The molecule has 188 valence electrons. The van der Waals surface area contributed by atoms with E-state index in [4.69, 9.17) is 9.47 Å². The molecular formula is C23H24N6O6S. The summed E-state index contributed by atoms with van der Waals surface area (Å²) >= 11 is 0. The van der Waals surface area contributed by atoms with Crippen molar-refractivity contribution in [2.24, 2.45) is 4.99 Å². The summed E-state index contributed by atoms with van der Waals surface area (Å²) in [6, 6.07) is 4.69. The van der Waals surface area contributed by atoms with E-state index in [-0.39, 0.29) is 51.7 Å². The second-order valence-corrected chi connectivity index (χ2v) is 10.0. The molecule has 0 fully saturated rings. The number of imidazole rings is 1. The molecule has 1 aliphatic rings. The number of nitrogens with zero attached hydrogens (tertiary/aromatic N) is 5. The monoisotopic (exact) mass is 512 g/mol. The number of phenols is 1. The molecule has 1 aromatic carbocycles. The lowest BCUT2D eigenvalue weighted by Crippen LogP contribution is -2.33. The zero-order valence-electron chi connectivity index (χ0n) is 20.0. The number of aliphatic hydroxyl groups is 1. The molecule has 3 aromatic rings. The largest absolute Gasteiger partial charge is 0.506 e. The van der Waals surface area contributed by atoms with Crippen LogP contribution in [0.5, 0.6) is 11.5 Å². The van der Waals surface area contributed by atoms with Crippen LogP contribution in [0.2, 0.25) is 0 Å². The van der Waals surface area contributed by atoms with E-state index in [9.17, 15) is 18.6 Å². The van der Waals surface area contributed by atoms with Gasteiger partial charge in [-0.2, -0.15) is 0 Å². The highest BCUT2D eigenvalue weighted by atomic mass is 32.2. The lowest BCUT2D eigenvalue weighted by atomic mass is 10.2. The minimum atomic E-state index is -3.96. The number of fused-ring (bicyclic) bond motifs is 1. The van der Waals surface area contributed by atoms with Gasteiger partial charge in [0, 0.05) is 0 Å². The first-order valence-corrected chi connectivity index (χ1v) is 12.4. The standard InChI is InChI=1S/C23H24N6O6S/c1-5-35-18-11-6-8-14(25-18)21-27-20-22(29(21)19-15(30)9-7-10-16(19)34-4)26-17(12-24-20)28-36(32,33)13-23(2,3)31/h7,9-12,30-31H,5,13H2,1-4H3,(H,26,28). The number of rotatable bonds is 8. The Labute approximate surface area is 207 Å². The molecule has 0 unspecified atom stereocenters. The number of sulfonamides is 1. The van der Waals surface area contributed by atoms with Crippen LogP contribution in [0, 0.1) is 0 Å². The van der Waals surface area contributed by atoms with Crippen molar-refractivity contribution >= 4 is 38.7 Å². The third kappa shape index (κ3) is 5.24. The van der Waals surface area contributed by atoms with Crippen LogP contribution in [-0.4, -0.2) is 69.1 Å². The van der Waals surface area contributed by atoms with E-state index < -0.39 is 21.4 Å². The molecule has 4 rings (SSSR count). The van der Waals surface area contributed by atoms with Crippen LogP contribution in [-0.2, 0) is 14.8 Å². The topological polar surface area (TPSA) is 161 Å². The number of benzene rings is 1. The summed E-state index contributed by atoms with van der Waals surface area (Å²) in [4.78, 5) is 17.6. The number of anilines is 1. The maximum atomic E-state index is 12.5. The maximum absolute atomic E-state index is 12.5. The Kier molecular flexibility index (Phi) is 6.57. The summed E-state index contributed by atoms with van der Waals surface area (Å²) in [6.07, 6.45) is 2.72. The fourth-order valence-electron chi connectivity index (χ4n) is 3.50. The third-order valence-corrected chi connectivity index (χ3v) is 6.31. The smallest absolute Gasteiger partial charge is 0.236 e. The summed E-state index contributed by atoms with van der Waals surface area (Å²) in [5.41, 5.74) is 4.87. The van der Waals surface area contributed by atoms with Gasteiger partial charge in [-0.25, -0.2) is 28.4 Å². The molecule has 0 saturated heterocycles. The Hall–Kier alpha value is -4.15. The van der Waals surface area contributed by atoms with E-state index in [1.807, 2.05) is 6.92 Å². The van der Waals surface area contributed by atoms with Crippen molar-refractivity contribution in [3.8, 4) is 17.2 Å². The molecule has 1 aliphatic heterocycles. The van der Waals surface area contributed by atoms with Crippen molar-refractivity contribution in [1.29, 1.82) is 0 Å². The minimum Gasteiger partial charge on any atom is -0.506 e. The average molecular weight is 513 g/mol. The Balaban J connectivity index is 1.95. The van der Waals surface area contributed by atoms with E-state index in [0.717, 1.165) is 0 Å². The van der Waals surface area contributed by atoms with E-state index in [0.29, 0.717) is 6.61 Å². The van der Waals surface area contributed by atoms with Crippen molar-refractivity contribution in [2.45, 2.75) is 26.4 Å². The molecule has 0 spiro atoms. The van der Waals surface area contributed by atoms with E-state index in [2.05, 4.69) is 36.1 Å². The number of methoxy groups -OCH3 is 1. The molecule has 2 aromatic heterocycles. The van der Waals surface area contributed by atoms with Crippen LogP contribution in [0.25, 0.3) is 22.7 Å². The molecule has 12 nitrogen and oxygen atoms in total. The second kappa shape index (κ2) is 9.48. The second-order valence-electron chi connectivity index (χ2n) is 8.32. The first-order valence-electron chi connectivity index (χ1n) is 10.8. The van der Waals surface area contributed by atoms with E-state index >= 15 is 0 Å². The number of aromatic hydroxyl groups is 1. The van der Waals surface area contributed by atoms with Gasteiger partial charge in [0.25, 0.3) is 0 Å². The zero-order chi connectivity index (χ0) is 26.1. The molecule has 0 radical (unpaired) electrons. The SMILES string of the molecule is CCOC1=NC(c2nc3ncc(NS(=O)(=O)CC(C)(C)O)nc3n2-c2c(O)cccc2OC)=C=C=C1. The first kappa shape index (κ1) is 25.0. The number of hydrogen-bond donors (Lipinski definition) is 3. The fraction of sp³-hybridized carbons (Fsp3) is 0.304. The molecule has 0 amide bonds. The molecule has 3 heterocycles. The molecule has 13 heteroatoms. The van der Waals surface area contributed by atoms with Crippen LogP contribution < -0.4 is 9.46 Å². The Morgan fingerprint density at radius 2 is 2.03 bits per heavy atom. The summed E-state index contributed by atoms with van der Waals surface area (Å²) in [7, 11) is -2.53. The van der Waals surface area contributed by atoms with Crippen LogP contribution in [0.15, 0.2) is 46.9 Å². The van der Waals surface area contributed by atoms with Gasteiger partial charge in [-0.1, -0.05) is 11.8 Å². The quantitative estimate of drug-likeness (QED) is 0.384. The van der Waals surface area contributed by atoms with Crippen molar-refractivity contribution in [3.05, 3.63) is 47.8 Å². The highest BCUT2D eigenvalue weighted by Crippen LogP contribution is 2.36. The van der Waals surface area contributed by atoms with Crippen molar-refractivity contribution in [3.63, 3.8) is 0 Å². The highest BCUT2D eigenvalue weighted by molar-refractivity contribution is 7.92. The van der Waals surface area contributed by atoms with Gasteiger partial charge in [-0.3, -0.25) is 9.29 Å². The Bertz CT molecular complexity index is 1570. The van der Waals surface area contributed by atoms with Gasteiger partial charge >= 0.3 is 0 Å². The van der Waals surface area contributed by atoms with E-state index in [1.165, 1.54) is 43.9 Å². The van der Waals surface area contributed by atoms with Gasteiger partial charge < -0.3 is 19.7 Å². The summed E-state index contributed by atoms with van der Waals surface area (Å²) in [6.45, 7) is 4.95. The van der Waals surface area contributed by atoms with Gasteiger partial charge in [0.2, 0.25) is 15.9 Å². The highest BCUT2D eigenvalue weighted by Gasteiger charge is 2.27. The predicted molar refractivity (Wildman–Crippen MR) is 133 cm³/mol. The number of ether oxygens (including phenoxy) is 2. The van der Waals surface area contributed by atoms with Gasteiger partial charge in [0.05, 0.1) is 37.3 Å². The predicted octanol–water partition coefficient (Wildman–Crippen LogP) is 2.14. The molecule has 0 saturated carbocycles. The minimum absolute atomic E-state index is 0.102. The summed E-state index contributed by atoms with van der Waals surface area (Å²) in [5.74, 6) is -0.0734.